The molecule has 2 aliphatic rings. The fraction of sp³-hybridized carbons (Fsp3) is 0.346. The SMILES string of the molecule is Cc1ccc2c(c1)[C@@H](C)C1=CCc3ncc(cc31)-c1c(C)nn(CCO)c1CN(C)C2=O. The monoisotopic (exact) mass is 428 g/mol. The van der Waals surface area contributed by atoms with Crippen LogP contribution in [-0.4, -0.2) is 44.3 Å². The standard InChI is InChI=1S/C26H28N4O2/c1-15-5-6-20-21(11-15)16(2)19-7-8-23-22(19)12-18(13-27-23)25-17(3)28-30(9-10-31)24(25)14-29(4)26(20)32/h5-7,11-13,16,31H,8-10,14H2,1-4H3/t16-/m0/s1. The number of aryl methyl sites for hydroxylation is 2. The summed E-state index contributed by atoms with van der Waals surface area (Å²) in [6.07, 6.45) is 4.98. The van der Waals surface area contributed by atoms with Crippen LogP contribution in [-0.2, 0) is 19.5 Å². The maximum atomic E-state index is 13.6. The molecule has 0 radical (unpaired) electrons. The van der Waals surface area contributed by atoms with E-state index in [0.717, 1.165) is 56.9 Å². The van der Waals surface area contributed by atoms with Crippen LogP contribution in [0.15, 0.2) is 36.5 Å². The van der Waals surface area contributed by atoms with Crippen molar-refractivity contribution in [3.8, 4) is 11.1 Å². The first-order valence-corrected chi connectivity index (χ1v) is 11.1. The van der Waals surface area contributed by atoms with Gasteiger partial charge in [0.25, 0.3) is 5.91 Å². The Balaban J connectivity index is 1.79. The Morgan fingerprint density at radius 1 is 1.19 bits per heavy atom. The van der Waals surface area contributed by atoms with Crippen LogP contribution in [0.1, 0.15) is 57.0 Å². The summed E-state index contributed by atoms with van der Waals surface area (Å²) in [5.74, 6) is 0.0750. The lowest BCUT2D eigenvalue weighted by atomic mass is 9.85. The number of hydrogen-bond acceptors (Lipinski definition) is 4. The topological polar surface area (TPSA) is 71.2 Å². The molecular formula is C26H28N4O2. The molecule has 5 rings (SSSR count). The van der Waals surface area contributed by atoms with Gasteiger partial charge in [-0.1, -0.05) is 30.7 Å². The van der Waals surface area contributed by atoms with E-state index >= 15 is 0 Å². The molecule has 0 saturated carbocycles. The molecule has 1 aromatic carbocycles. The molecule has 2 bridgehead atoms. The number of allylic oxidation sites excluding steroid dienone is 2. The molecule has 2 aromatic heterocycles. The number of benzene rings is 1. The Labute approximate surface area is 188 Å². The number of aliphatic hydroxyl groups is 1. The highest BCUT2D eigenvalue weighted by molar-refractivity contribution is 5.97. The third-order valence-electron chi connectivity index (χ3n) is 6.73. The second-order valence-corrected chi connectivity index (χ2v) is 8.91. The van der Waals surface area contributed by atoms with Gasteiger partial charge >= 0.3 is 0 Å². The number of aromatic nitrogens is 3. The van der Waals surface area contributed by atoms with Crippen molar-refractivity contribution in [2.24, 2.45) is 0 Å². The molecule has 1 amide bonds. The van der Waals surface area contributed by atoms with Gasteiger partial charge < -0.3 is 10.0 Å². The highest BCUT2D eigenvalue weighted by Crippen LogP contribution is 2.41. The van der Waals surface area contributed by atoms with Crippen molar-refractivity contribution >= 4 is 11.5 Å². The number of aliphatic hydroxyl groups excluding tert-OH is 1. The van der Waals surface area contributed by atoms with Crippen molar-refractivity contribution in [3.05, 3.63) is 75.9 Å². The van der Waals surface area contributed by atoms with Crippen LogP contribution in [0, 0.1) is 13.8 Å². The van der Waals surface area contributed by atoms with Gasteiger partial charge in [-0.3, -0.25) is 14.5 Å². The van der Waals surface area contributed by atoms with E-state index in [1.54, 1.807) is 4.90 Å². The van der Waals surface area contributed by atoms with Gasteiger partial charge in [0.2, 0.25) is 0 Å². The first kappa shape index (κ1) is 20.6. The van der Waals surface area contributed by atoms with Crippen molar-refractivity contribution in [3.63, 3.8) is 0 Å². The molecule has 0 unspecified atom stereocenters. The third kappa shape index (κ3) is 3.17. The first-order chi connectivity index (χ1) is 15.4. The predicted octanol–water partition coefficient (Wildman–Crippen LogP) is 3.88. The van der Waals surface area contributed by atoms with Crippen LogP contribution >= 0.6 is 0 Å². The number of rotatable bonds is 2. The fourth-order valence-electron chi connectivity index (χ4n) is 5.12. The van der Waals surface area contributed by atoms with E-state index in [1.807, 2.05) is 37.0 Å². The second-order valence-electron chi connectivity index (χ2n) is 8.91. The van der Waals surface area contributed by atoms with Crippen molar-refractivity contribution in [1.82, 2.24) is 19.7 Å². The summed E-state index contributed by atoms with van der Waals surface area (Å²) in [6, 6.07) is 8.33. The summed E-state index contributed by atoms with van der Waals surface area (Å²) in [5, 5.41) is 14.3. The molecule has 1 atom stereocenters. The lowest BCUT2D eigenvalue weighted by Gasteiger charge is -2.25. The van der Waals surface area contributed by atoms with Crippen LogP contribution in [0.2, 0.25) is 0 Å². The summed E-state index contributed by atoms with van der Waals surface area (Å²) in [4.78, 5) is 20.2. The van der Waals surface area contributed by atoms with Gasteiger partial charge in [0.15, 0.2) is 0 Å². The molecule has 3 aromatic rings. The molecule has 6 heteroatoms. The molecule has 1 aliphatic heterocycles. The zero-order chi connectivity index (χ0) is 22.6. The zero-order valence-corrected chi connectivity index (χ0v) is 19.0. The first-order valence-electron chi connectivity index (χ1n) is 11.1. The van der Waals surface area contributed by atoms with Crippen LogP contribution in [0.3, 0.4) is 0 Å². The summed E-state index contributed by atoms with van der Waals surface area (Å²) in [5.41, 5.74) is 10.2. The molecule has 1 N–H and O–H groups in total. The van der Waals surface area contributed by atoms with E-state index in [2.05, 4.69) is 32.1 Å². The zero-order valence-electron chi connectivity index (χ0n) is 19.0. The van der Waals surface area contributed by atoms with Gasteiger partial charge in [0, 0.05) is 47.8 Å². The molecule has 0 spiro atoms. The number of pyridine rings is 1. The number of nitrogens with zero attached hydrogens (tertiary/aromatic N) is 4. The number of fused-ring (bicyclic) bond motifs is 4. The number of carbonyl (C=O) groups is 1. The van der Waals surface area contributed by atoms with Crippen molar-refractivity contribution in [1.29, 1.82) is 0 Å². The Kier molecular flexibility index (Phi) is 4.97. The Bertz CT molecular complexity index is 1270. The minimum Gasteiger partial charge on any atom is -0.394 e. The summed E-state index contributed by atoms with van der Waals surface area (Å²) < 4.78 is 1.82. The third-order valence-corrected chi connectivity index (χ3v) is 6.73. The Hall–Kier alpha value is -3.25. The van der Waals surface area contributed by atoms with E-state index < -0.39 is 0 Å². The molecule has 164 valence electrons. The van der Waals surface area contributed by atoms with Crippen molar-refractivity contribution < 1.29 is 9.90 Å². The van der Waals surface area contributed by atoms with E-state index in [4.69, 9.17) is 10.1 Å². The molecule has 6 nitrogen and oxygen atoms in total. The highest BCUT2D eigenvalue weighted by Gasteiger charge is 2.29. The molecule has 32 heavy (non-hydrogen) atoms. The van der Waals surface area contributed by atoms with Gasteiger partial charge in [-0.15, -0.1) is 0 Å². The quantitative estimate of drug-likeness (QED) is 0.672. The van der Waals surface area contributed by atoms with Gasteiger partial charge in [-0.2, -0.15) is 5.10 Å². The molecule has 3 heterocycles. The van der Waals surface area contributed by atoms with Crippen molar-refractivity contribution in [2.45, 2.75) is 46.2 Å². The van der Waals surface area contributed by atoms with Gasteiger partial charge in [-0.05, 0) is 37.1 Å². The Morgan fingerprint density at radius 3 is 2.78 bits per heavy atom. The highest BCUT2D eigenvalue weighted by atomic mass is 16.3. The van der Waals surface area contributed by atoms with Gasteiger partial charge in [-0.25, -0.2) is 0 Å². The number of carbonyl (C=O) groups excluding carboxylic acids is 1. The lowest BCUT2D eigenvalue weighted by molar-refractivity contribution is 0.0780. The van der Waals surface area contributed by atoms with Gasteiger partial charge in [0.05, 0.1) is 36.8 Å². The average Bonchev–Trinajstić information content (AvgIpc) is 3.32. The van der Waals surface area contributed by atoms with E-state index in [-0.39, 0.29) is 18.4 Å². The molecule has 1 aliphatic carbocycles. The Morgan fingerprint density at radius 2 is 2.00 bits per heavy atom. The van der Waals surface area contributed by atoms with Crippen LogP contribution in [0.25, 0.3) is 16.7 Å². The minimum absolute atomic E-state index is 0.00613. The van der Waals surface area contributed by atoms with E-state index in [0.29, 0.717) is 13.1 Å². The molecule has 0 fully saturated rings. The lowest BCUT2D eigenvalue weighted by Crippen LogP contribution is -2.29. The molecular weight excluding hydrogens is 400 g/mol. The van der Waals surface area contributed by atoms with Crippen LogP contribution < -0.4 is 0 Å². The van der Waals surface area contributed by atoms with E-state index in [9.17, 15) is 9.90 Å². The van der Waals surface area contributed by atoms with Crippen LogP contribution in [0.4, 0.5) is 0 Å². The van der Waals surface area contributed by atoms with Gasteiger partial charge in [0.1, 0.15) is 0 Å². The second kappa shape index (κ2) is 7.71. The van der Waals surface area contributed by atoms with Crippen LogP contribution in [0.5, 0.6) is 0 Å². The summed E-state index contributed by atoms with van der Waals surface area (Å²) in [6.45, 7) is 6.99. The average molecular weight is 429 g/mol. The fourth-order valence-corrected chi connectivity index (χ4v) is 5.12. The number of amides is 1. The van der Waals surface area contributed by atoms with E-state index in [1.165, 1.54) is 5.57 Å². The maximum Gasteiger partial charge on any atom is 0.254 e. The number of hydrogen-bond donors (Lipinski definition) is 1. The largest absolute Gasteiger partial charge is 0.394 e. The smallest absolute Gasteiger partial charge is 0.254 e. The van der Waals surface area contributed by atoms with Crippen molar-refractivity contribution in [2.75, 3.05) is 13.7 Å². The molecule has 0 saturated heterocycles. The maximum absolute atomic E-state index is 13.6. The normalized spacial score (nSPS) is 17.4. The predicted molar refractivity (Wildman–Crippen MR) is 124 cm³/mol. The minimum atomic E-state index is -0.0137. The summed E-state index contributed by atoms with van der Waals surface area (Å²) >= 11 is 0. The summed E-state index contributed by atoms with van der Waals surface area (Å²) in [7, 11) is 1.83.